The average Bonchev–Trinajstić information content (AvgIpc) is 3.54. The Balaban J connectivity index is 1.22. The second-order valence-electron chi connectivity index (χ2n) is 10.5. The number of anilines is 2. The number of likely N-dealkylation sites (tertiary alicyclic amines) is 1. The maximum atomic E-state index is 15.4. The first-order valence-electron chi connectivity index (χ1n) is 13.5. The van der Waals surface area contributed by atoms with Crippen LogP contribution in [-0.4, -0.2) is 60.3 Å². The number of benzene rings is 2. The quantitative estimate of drug-likeness (QED) is 0.334. The molecule has 0 unspecified atom stereocenters. The summed E-state index contributed by atoms with van der Waals surface area (Å²) in [4.78, 5) is 30.7. The van der Waals surface area contributed by atoms with Crippen molar-refractivity contribution in [1.29, 1.82) is 0 Å². The molecular weight excluding hydrogens is 544 g/mol. The van der Waals surface area contributed by atoms with E-state index in [9.17, 15) is 14.0 Å². The van der Waals surface area contributed by atoms with Crippen molar-refractivity contribution in [2.45, 2.75) is 63.8 Å². The highest BCUT2D eigenvalue weighted by Crippen LogP contribution is 2.31. The Morgan fingerprint density at radius 3 is 2.73 bits per heavy atom. The number of carbonyl (C=O) groups is 2. The first kappa shape index (κ1) is 28.3. The highest BCUT2D eigenvalue weighted by atomic mass is 35.5. The van der Waals surface area contributed by atoms with Gasteiger partial charge in [0.15, 0.2) is 11.4 Å². The van der Waals surface area contributed by atoms with Gasteiger partial charge in [-0.05, 0) is 56.4 Å². The first-order valence-corrected chi connectivity index (χ1v) is 13.8. The van der Waals surface area contributed by atoms with Crippen LogP contribution in [0.1, 0.15) is 43.2 Å². The molecule has 1 aromatic heterocycles. The van der Waals surface area contributed by atoms with Gasteiger partial charge in [-0.15, -0.1) is 0 Å². The molecule has 2 heterocycles. The van der Waals surface area contributed by atoms with Gasteiger partial charge in [-0.1, -0.05) is 23.7 Å². The van der Waals surface area contributed by atoms with Crippen molar-refractivity contribution >= 4 is 46.3 Å². The number of amides is 1. The van der Waals surface area contributed by atoms with Crippen molar-refractivity contribution in [1.82, 2.24) is 9.88 Å². The zero-order valence-corrected chi connectivity index (χ0v) is 23.2. The van der Waals surface area contributed by atoms with E-state index in [1.165, 1.54) is 18.1 Å². The van der Waals surface area contributed by atoms with E-state index < -0.39 is 18.0 Å². The fourth-order valence-electron chi connectivity index (χ4n) is 5.50. The lowest BCUT2D eigenvalue weighted by molar-refractivity contribution is -0.148. The largest absolute Gasteiger partial charge is 0.469 e. The Kier molecular flexibility index (Phi) is 8.56. The molecule has 8 nitrogen and oxygen atoms in total. The van der Waals surface area contributed by atoms with Gasteiger partial charge in [0.2, 0.25) is 5.91 Å². The van der Waals surface area contributed by atoms with Crippen LogP contribution >= 0.6 is 11.6 Å². The molecule has 2 aliphatic rings. The summed E-state index contributed by atoms with van der Waals surface area (Å²) in [7, 11) is 1.39. The Bertz CT molecular complexity index is 1390. The number of carbonyl (C=O) groups excluding carboxylic acids is 2. The van der Waals surface area contributed by atoms with Crippen molar-refractivity contribution in [3.05, 3.63) is 52.3 Å². The monoisotopic (exact) mass is 575 g/mol. The number of oxazole rings is 1. The van der Waals surface area contributed by atoms with Gasteiger partial charge in [-0.25, -0.2) is 8.78 Å². The number of nitrogens with one attached hydrogen (secondary N) is 1. The fraction of sp³-hybridized carbons (Fsp3) is 0.483. The molecule has 0 bridgehead atoms. The average molecular weight is 576 g/mol. The number of methoxy groups -OCH3 is 1. The molecule has 1 aliphatic heterocycles. The van der Waals surface area contributed by atoms with Gasteiger partial charge in [0.1, 0.15) is 11.7 Å². The normalized spacial score (nSPS) is 23.0. The zero-order chi connectivity index (χ0) is 28.4. The number of halogens is 3. The Labute approximate surface area is 236 Å². The van der Waals surface area contributed by atoms with Crippen molar-refractivity contribution in [3.8, 4) is 0 Å². The van der Waals surface area contributed by atoms with E-state index in [0.717, 1.165) is 5.56 Å². The number of ether oxygens (including phenoxy) is 2. The lowest BCUT2D eigenvalue weighted by Crippen LogP contribution is -2.40. The first-order chi connectivity index (χ1) is 19.2. The minimum Gasteiger partial charge on any atom is -0.469 e. The minimum absolute atomic E-state index is 0.0543. The van der Waals surface area contributed by atoms with Crippen LogP contribution in [0.4, 0.5) is 20.5 Å². The molecule has 1 amide bonds. The summed E-state index contributed by atoms with van der Waals surface area (Å²) in [6, 6.07) is 8.07. The second kappa shape index (κ2) is 12.1. The third-order valence-corrected chi connectivity index (χ3v) is 8.01. The van der Waals surface area contributed by atoms with Gasteiger partial charge >= 0.3 is 5.97 Å². The number of aromatic nitrogens is 1. The van der Waals surface area contributed by atoms with Gasteiger partial charge in [-0.2, -0.15) is 4.98 Å². The number of rotatable bonds is 8. The summed E-state index contributed by atoms with van der Waals surface area (Å²) in [5.74, 6) is -1.38. The number of fused-ring (bicyclic) bond motifs is 1. The van der Waals surface area contributed by atoms with E-state index in [-0.39, 0.29) is 67.1 Å². The van der Waals surface area contributed by atoms with Crippen LogP contribution in [0.5, 0.6) is 0 Å². The third kappa shape index (κ3) is 6.23. The molecule has 3 aromatic rings. The topological polar surface area (TPSA) is 93.9 Å². The summed E-state index contributed by atoms with van der Waals surface area (Å²) in [6.07, 6.45) is 1.47. The van der Waals surface area contributed by atoms with Crippen LogP contribution in [0.25, 0.3) is 11.1 Å². The van der Waals surface area contributed by atoms with E-state index in [1.54, 1.807) is 18.2 Å². The molecule has 11 heteroatoms. The van der Waals surface area contributed by atoms with Crippen LogP contribution in [0.15, 0.2) is 34.7 Å². The number of esters is 1. The molecule has 1 aliphatic carbocycles. The zero-order valence-electron chi connectivity index (χ0n) is 22.4. The molecule has 2 aromatic carbocycles. The summed E-state index contributed by atoms with van der Waals surface area (Å²) in [6.45, 7) is 2.03. The van der Waals surface area contributed by atoms with Crippen LogP contribution in [0.3, 0.4) is 0 Å². The van der Waals surface area contributed by atoms with Gasteiger partial charge in [0.05, 0.1) is 44.7 Å². The lowest BCUT2D eigenvalue weighted by atomic mass is 9.87. The van der Waals surface area contributed by atoms with Gasteiger partial charge in [0.25, 0.3) is 6.01 Å². The predicted molar refractivity (Wildman–Crippen MR) is 146 cm³/mol. The standard InChI is InChI=1S/C29H32ClF2N3O5/c1-16-3-7-19(30)12-24(16)34-29-33-23-10-6-18(26(32)27(23)40-29)11-25(36)35-14-20(31)13-21(35)15-39-22-8-4-17(5-9-22)28(37)38-2/h3,6-7,10,12,17,20-22H,4-5,8-9,11,13-15H2,1-2H3,(H,33,34)/t17?,20-,21-,22?/m0/s1. The SMILES string of the molecule is COC(=O)C1CCC(OC[C@@H]2C[C@H](F)CN2C(=O)Cc2ccc3nc(Nc4cc(Cl)ccc4C)oc3c2F)CC1. The fourth-order valence-corrected chi connectivity index (χ4v) is 5.67. The maximum absolute atomic E-state index is 15.4. The van der Waals surface area contributed by atoms with Crippen molar-refractivity contribution in [2.24, 2.45) is 5.92 Å². The molecule has 1 N–H and O–H groups in total. The number of hydrogen-bond acceptors (Lipinski definition) is 7. The van der Waals surface area contributed by atoms with E-state index in [4.69, 9.17) is 25.5 Å². The Hall–Kier alpha value is -3.24. The van der Waals surface area contributed by atoms with E-state index >= 15 is 4.39 Å². The number of hydrogen-bond donors (Lipinski definition) is 1. The van der Waals surface area contributed by atoms with Crippen LogP contribution in [0.2, 0.25) is 5.02 Å². The maximum Gasteiger partial charge on any atom is 0.308 e. The number of alkyl halides is 1. The summed E-state index contributed by atoms with van der Waals surface area (Å²) >= 11 is 6.08. The number of nitrogens with zero attached hydrogens (tertiary/aromatic N) is 2. The van der Waals surface area contributed by atoms with E-state index in [0.29, 0.717) is 41.9 Å². The lowest BCUT2D eigenvalue weighted by Gasteiger charge is -2.30. The molecule has 0 radical (unpaired) electrons. The Morgan fingerprint density at radius 2 is 1.98 bits per heavy atom. The van der Waals surface area contributed by atoms with Gasteiger partial charge in [-0.3, -0.25) is 9.59 Å². The minimum atomic E-state index is -1.17. The molecule has 2 atom stereocenters. The second-order valence-corrected chi connectivity index (χ2v) is 11.0. The highest BCUT2D eigenvalue weighted by Gasteiger charge is 2.37. The molecule has 2 fully saturated rings. The van der Waals surface area contributed by atoms with E-state index in [2.05, 4.69) is 10.3 Å². The van der Waals surface area contributed by atoms with Crippen LogP contribution in [0, 0.1) is 18.7 Å². The molecule has 214 valence electrons. The highest BCUT2D eigenvalue weighted by molar-refractivity contribution is 6.30. The molecular formula is C29H32ClF2N3O5. The van der Waals surface area contributed by atoms with Crippen molar-refractivity contribution < 1.29 is 32.3 Å². The van der Waals surface area contributed by atoms with Gasteiger partial charge in [0, 0.05) is 22.7 Å². The predicted octanol–water partition coefficient (Wildman–Crippen LogP) is 5.90. The van der Waals surface area contributed by atoms with Gasteiger partial charge < -0.3 is 24.1 Å². The molecule has 40 heavy (non-hydrogen) atoms. The molecule has 0 spiro atoms. The number of aryl methyl sites for hydroxylation is 1. The summed E-state index contributed by atoms with van der Waals surface area (Å²) in [5, 5.41) is 3.55. The summed E-state index contributed by atoms with van der Waals surface area (Å²) in [5.41, 5.74) is 1.95. The van der Waals surface area contributed by atoms with E-state index in [1.807, 2.05) is 13.0 Å². The molecule has 5 rings (SSSR count). The van der Waals surface area contributed by atoms with Crippen LogP contribution in [-0.2, 0) is 25.5 Å². The molecule has 1 saturated heterocycles. The third-order valence-electron chi connectivity index (χ3n) is 7.78. The Morgan fingerprint density at radius 1 is 1.20 bits per heavy atom. The van der Waals surface area contributed by atoms with Crippen LogP contribution < -0.4 is 5.32 Å². The smallest absolute Gasteiger partial charge is 0.308 e. The van der Waals surface area contributed by atoms with Crippen molar-refractivity contribution in [3.63, 3.8) is 0 Å². The van der Waals surface area contributed by atoms with Crippen molar-refractivity contribution in [2.75, 3.05) is 25.6 Å². The summed E-state index contributed by atoms with van der Waals surface area (Å²) < 4.78 is 46.3. The molecule has 1 saturated carbocycles.